The molecule has 0 spiro atoms. The van der Waals surface area contributed by atoms with Gasteiger partial charge in [-0.2, -0.15) is 0 Å². The van der Waals surface area contributed by atoms with Gasteiger partial charge in [-0.3, -0.25) is 0 Å². The van der Waals surface area contributed by atoms with Gasteiger partial charge in [0.15, 0.2) is 0 Å². The van der Waals surface area contributed by atoms with E-state index < -0.39 is 0 Å². The average molecular weight is 168 g/mol. The van der Waals surface area contributed by atoms with Crippen LogP contribution >= 0.6 is 0 Å². The molecule has 12 heavy (non-hydrogen) atoms. The van der Waals surface area contributed by atoms with Crippen molar-refractivity contribution < 1.29 is 5.11 Å². The Morgan fingerprint density at radius 1 is 1.00 bits per heavy atom. The molecule has 2 bridgehead atoms. The Bertz CT molecular complexity index is 166. The number of aliphatic hydroxyl groups is 1. The second-order valence-corrected chi connectivity index (χ2v) is 4.99. The van der Waals surface area contributed by atoms with Crippen LogP contribution in [-0.2, 0) is 0 Å². The molecule has 5 atom stereocenters. The maximum absolute atomic E-state index is 9.86. The SMILES string of the molecule is CC1C[C@@H](O)[C@@H]2C[C@H]1CCC2C. The monoisotopic (exact) mass is 168 g/mol. The number of aliphatic hydroxyl groups excluding tert-OH is 1. The summed E-state index contributed by atoms with van der Waals surface area (Å²) in [4.78, 5) is 0. The lowest BCUT2D eigenvalue weighted by Crippen LogP contribution is -2.41. The van der Waals surface area contributed by atoms with Gasteiger partial charge in [0.1, 0.15) is 0 Å². The number of hydrogen-bond acceptors (Lipinski definition) is 1. The van der Waals surface area contributed by atoms with Gasteiger partial charge in [0.2, 0.25) is 0 Å². The summed E-state index contributed by atoms with van der Waals surface area (Å²) in [5.74, 6) is 3.09. The minimum absolute atomic E-state index is 0.00606. The quantitative estimate of drug-likeness (QED) is 0.589. The summed E-state index contributed by atoms with van der Waals surface area (Å²) in [7, 11) is 0. The minimum atomic E-state index is 0.00606. The summed E-state index contributed by atoms with van der Waals surface area (Å²) in [5, 5.41) is 9.86. The van der Waals surface area contributed by atoms with Gasteiger partial charge in [0.25, 0.3) is 0 Å². The Morgan fingerprint density at radius 3 is 2.50 bits per heavy atom. The van der Waals surface area contributed by atoms with E-state index in [1.165, 1.54) is 19.3 Å². The maximum Gasteiger partial charge on any atom is 0.0573 e. The molecule has 0 aromatic carbocycles. The lowest BCUT2D eigenvalue weighted by atomic mass is 9.62. The summed E-state index contributed by atoms with van der Waals surface area (Å²) in [6.07, 6.45) is 5.11. The van der Waals surface area contributed by atoms with E-state index in [2.05, 4.69) is 13.8 Å². The number of rotatable bonds is 0. The van der Waals surface area contributed by atoms with Gasteiger partial charge in [-0.05, 0) is 42.9 Å². The molecule has 2 rings (SSSR count). The lowest BCUT2D eigenvalue weighted by molar-refractivity contribution is -0.0326. The predicted octanol–water partition coefficient (Wildman–Crippen LogP) is 2.44. The largest absolute Gasteiger partial charge is 0.393 e. The first-order valence-corrected chi connectivity index (χ1v) is 5.36. The van der Waals surface area contributed by atoms with Crippen molar-refractivity contribution in [2.24, 2.45) is 23.7 Å². The summed E-state index contributed by atoms with van der Waals surface area (Å²) in [5.41, 5.74) is 0. The normalized spacial score (nSPS) is 53.8. The van der Waals surface area contributed by atoms with Gasteiger partial charge in [-0.1, -0.05) is 20.3 Å². The first-order chi connectivity index (χ1) is 5.68. The Kier molecular flexibility index (Phi) is 2.16. The van der Waals surface area contributed by atoms with Gasteiger partial charge in [-0.25, -0.2) is 0 Å². The highest BCUT2D eigenvalue weighted by atomic mass is 16.3. The molecule has 2 saturated carbocycles. The summed E-state index contributed by atoms with van der Waals surface area (Å²) in [6.45, 7) is 4.61. The zero-order valence-corrected chi connectivity index (χ0v) is 8.16. The van der Waals surface area contributed by atoms with Crippen molar-refractivity contribution in [3.63, 3.8) is 0 Å². The van der Waals surface area contributed by atoms with E-state index in [0.29, 0.717) is 5.92 Å². The van der Waals surface area contributed by atoms with Gasteiger partial charge < -0.3 is 5.11 Å². The molecule has 2 aliphatic carbocycles. The topological polar surface area (TPSA) is 20.2 Å². The molecule has 0 amide bonds. The van der Waals surface area contributed by atoms with Crippen molar-refractivity contribution in [3.05, 3.63) is 0 Å². The van der Waals surface area contributed by atoms with Gasteiger partial charge >= 0.3 is 0 Å². The Labute approximate surface area is 75.2 Å². The van der Waals surface area contributed by atoms with Crippen LogP contribution in [0.15, 0.2) is 0 Å². The predicted molar refractivity (Wildman–Crippen MR) is 49.8 cm³/mol. The van der Waals surface area contributed by atoms with Crippen LogP contribution in [0.25, 0.3) is 0 Å². The third-order valence-corrected chi connectivity index (χ3v) is 4.21. The summed E-state index contributed by atoms with van der Waals surface area (Å²) >= 11 is 0. The third-order valence-electron chi connectivity index (χ3n) is 4.21. The van der Waals surface area contributed by atoms with Crippen molar-refractivity contribution in [1.29, 1.82) is 0 Å². The highest BCUT2D eigenvalue weighted by Gasteiger charge is 2.39. The number of hydrogen-bond donors (Lipinski definition) is 1. The molecule has 0 radical (unpaired) electrons. The summed E-state index contributed by atoms with van der Waals surface area (Å²) in [6, 6.07) is 0. The second kappa shape index (κ2) is 3.02. The van der Waals surface area contributed by atoms with Crippen LogP contribution in [0.4, 0.5) is 0 Å². The lowest BCUT2D eigenvalue weighted by Gasteiger charge is -2.45. The van der Waals surface area contributed by atoms with E-state index in [0.717, 1.165) is 24.2 Å². The van der Waals surface area contributed by atoms with E-state index in [9.17, 15) is 5.11 Å². The van der Waals surface area contributed by atoms with Gasteiger partial charge in [-0.15, -0.1) is 0 Å². The van der Waals surface area contributed by atoms with Crippen LogP contribution in [-0.4, -0.2) is 11.2 Å². The average Bonchev–Trinajstić information content (AvgIpc) is 2.03. The third kappa shape index (κ3) is 1.28. The van der Waals surface area contributed by atoms with E-state index >= 15 is 0 Å². The molecule has 2 unspecified atom stereocenters. The number of fused-ring (bicyclic) bond motifs is 2. The molecular weight excluding hydrogens is 148 g/mol. The van der Waals surface area contributed by atoms with E-state index in [4.69, 9.17) is 0 Å². The smallest absolute Gasteiger partial charge is 0.0573 e. The Morgan fingerprint density at radius 2 is 1.75 bits per heavy atom. The molecule has 1 nitrogen and oxygen atoms in total. The second-order valence-electron chi connectivity index (χ2n) is 4.99. The fourth-order valence-corrected chi connectivity index (χ4v) is 3.19. The van der Waals surface area contributed by atoms with Crippen molar-refractivity contribution in [2.45, 2.75) is 45.6 Å². The van der Waals surface area contributed by atoms with E-state index in [-0.39, 0.29) is 6.10 Å². The zero-order valence-electron chi connectivity index (χ0n) is 8.16. The van der Waals surface area contributed by atoms with E-state index in [1.54, 1.807) is 0 Å². The van der Waals surface area contributed by atoms with Crippen molar-refractivity contribution in [3.8, 4) is 0 Å². The maximum atomic E-state index is 9.86. The van der Waals surface area contributed by atoms with Crippen LogP contribution in [0.2, 0.25) is 0 Å². The first kappa shape index (κ1) is 8.55. The van der Waals surface area contributed by atoms with Crippen LogP contribution in [0, 0.1) is 23.7 Å². The van der Waals surface area contributed by atoms with Crippen LogP contribution in [0.1, 0.15) is 39.5 Å². The molecule has 2 fully saturated rings. The molecular formula is C11H20O. The van der Waals surface area contributed by atoms with Gasteiger partial charge in [0, 0.05) is 0 Å². The first-order valence-electron chi connectivity index (χ1n) is 5.36. The van der Waals surface area contributed by atoms with Crippen molar-refractivity contribution >= 4 is 0 Å². The standard InChI is InChI=1S/C11H20O/c1-7-3-4-9-6-10(7)11(12)5-8(9)2/h7-12H,3-6H2,1-2H3/t7?,8?,9-,10-,11-/m1/s1. The minimum Gasteiger partial charge on any atom is -0.393 e. The Hall–Kier alpha value is -0.0400. The fraction of sp³-hybridized carbons (Fsp3) is 1.00. The molecule has 1 heteroatoms. The molecule has 0 aliphatic heterocycles. The van der Waals surface area contributed by atoms with Crippen LogP contribution in [0.5, 0.6) is 0 Å². The Balaban J connectivity index is 2.09. The van der Waals surface area contributed by atoms with Crippen molar-refractivity contribution in [2.75, 3.05) is 0 Å². The highest BCUT2D eigenvalue weighted by molar-refractivity contribution is 4.90. The van der Waals surface area contributed by atoms with Crippen LogP contribution in [0.3, 0.4) is 0 Å². The van der Waals surface area contributed by atoms with Crippen LogP contribution < -0.4 is 0 Å². The van der Waals surface area contributed by atoms with Crippen molar-refractivity contribution in [1.82, 2.24) is 0 Å². The molecule has 0 aromatic rings. The van der Waals surface area contributed by atoms with E-state index in [1.807, 2.05) is 0 Å². The molecule has 70 valence electrons. The van der Waals surface area contributed by atoms with Gasteiger partial charge in [0.05, 0.1) is 6.10 Å². The molecule has 0 aromatic heterocycles. The molecule has 2 aliphatic rings. The zero-order chi connectivity index (χ0) is 8.72. The highest BCUT2D eigenvalue weighted by Crippen LogP contribution is 2.45. The molecule has 0 saturated heterocycles. The fourth-order valence-electron chi connectivity index (χ4n) is 3.19. The molecule has 0 heterocycles. The summed E-state index contributed by atoms with van der Waals surface area (Å²) < 4.78 is 0. The molecule has 1 N–H and O–H groups in total.